The second-order valence-corrected chi connectivity index (χ2v) is 4.90. The maximum atomic E-state index is 12.1. The molecule has 1 N–H and O–H groups in total. The fourth-order valence-electron chi connectivity index (χ4n) is 1.72. The van der Waals surface area contributed by atoms with E-state index in [1.165, 1.54) is 11.8 Å². The van der Waals surface area contributed by atoms with Crippen LogP contribution in [0.1, 0.15) is 24.2 Å². The molecule has 104 valence electrons. The van der Waals surface area contributed by atoms with Crippen LogP contribution < -0.4 is 5.32 Å². The van der Waals surface area contributed by atoms with Crippen molar-refractivity contribution in [2.24, 2.45) is 0 Å². The standard InChI is InChI=1S/C14H20N2O2S/c1-4-16(5-2)14(18)11-6-8-12(9-7-11)15-13(17)10-19-3/h6-9H,4-5,10H2,1-3H3,(H,15,17). The molecular formula is C14H20N2O2S. The number of carbonyl (C=O) groups is 2. The highest BCUT2D eigenvalue weighted by Crippen LogP contribution is 2.12. The van der Waals surface area contributed by atoms with E-state index in [0.29, 0.717) is 24.4 Å². The molecule has 0 aromatic heterocycles. The minimum Gasteiger partial charge on any atom is -0.339 e. The second kappa shape index (κ2) is 7.84. The van der Waals surface area contributed by atoms with E-state index >= 15 is 0 Å². The summed E-state index contributed by atoms with van der Waals surface area (Å²) in [6.45, 7) is 5.31. The number of rotatable bonds is 6. The van der Waals surface area contributed by atoms with Crippen LogP contribution in [0.2, 0.25) is 0 Å². The first-order chi connectivity index (χ1) is 9.12. The zero-order valence-electron chi connectivity index (χ0n) is 11.6. The Morgan fingerprint density at radius 3 is 2.21 bits per heavy atom. The first-order valence-electron chi connectivity index (χ1n) is 6.30. The van der Waals surface area contributed by atoms with Crippen molar-refractivity contribution >= 4 is 29.3 Å². The van der Waals surface area contributed by atoms with Gasteiger partial charge >= 0.3 is 0 Å². The Bertz CT molecular complexity index is 428. The SMILES string of the molecule is CCN(CC)C(=O)c1ccc(NC(=O)CSC)cc1. The Morgan fingerprint density at radius 2 is 1.74 bits per heavy atom. The average molecular weight is 280 g/mol. The maximum Gasteiger partial charge on any atom is 0.253 e. The molecule has 19 heavy (non-hydrogen) atoms. The lowest BCUT2D eigenvalue weighted by molar-refractivity contribution is -0.113. The van der Waals surface area contributed by atoms with E-state index < -0.39 is 0 Å². The molecule has 1 aromatic carbocycles. The number of hydrogen-bond acceptors (Lipinski definition) is 3. The molecule has 1 aromatic rings. The van der Waals surface area contributed by atoms with Crippen molar-refractivity contribution in [2.75, 3.05) is 30.4 Å². The Kier molecular flexibility index (Phi) is 6.42. The van der Waals surface area contributed by atoms with Gasteiger partial charge in [0, 0.05) is 24.3 Å². The number of hydrogen-bond donors (Lipinski definition) is 1. The largest absolute Gasteiger partial charge is 0.339 e. The van der Waals surface area contributed by atoms with Gasteiger partial charge in [-0.3, -0.25) is 9.59 Å². The van der Waals surface area contributed by atoms with E-state index in [-0.39, 0.29) is 11.8 Å². The van der Waals surface area contributed by atoms with Crippen LogP contribution in [0.3, 0.4) is 0 Å². The van der Waals surface area contributed by atoms with Crippen LogP contribution in [-0.4, -0.2) is 41.8 Å². The van der Waals surface area contributed by atoms with Crippen molar-refractivity contribution in [3.05, 3.63) is 29.8 Å². The van der Waals surface area contributed by atoms with E-state index in [0.717, 1.165) is 5.69 Å². The smallest absolute Gasteiger partial charge is 0.253 e. The van der Waals surface area contributed by atoms with Gasteiger partial charge in [-0.15, -0.1) is 0 Å². The molecule has 0 spiro atoms. The molecule has 0 aliphatic heterocycles. The van der Waals surface area contributed by atoms with Gasteiger partial charge in [0.05, 0.1) is 5.75 Å². The molecular weight excluding hydrogens is 260 g/mol. The topological polar surface area (TPSA) is 49.4 Å². The zero-order chi connectivity index (χ0) is 14.3. The monoisotopic (exact) mass is 280 g/mol. The molecule has 0 saturated carbocycles. The van der Waals surface area contributed by atoms with Crippen LogP contribution in [0.15, 0.2) is 24.3 Å². The maximum absolute atomic E-state index is 12.1. The van der Waals surface area contributed by atoms with Crippen molar-refractivity contribution in [2.45, 2.75) is 13.8 Å². The summed E-state index contributed by atoms with van der Waals surface area (Å²) in [6.07, 6.45) is 1.88. The van der Waals surface area contributed by atoms with Gasteiger partial charge in [-0.05, 0) is 44.4 Å². The van der Waals surface area contributed by atoms with E-state index in [4.69, 9.17) is 0 Å². The fourth-order valence-corrected chi connectivity index (χ4v) is 2.05. The van der Waals surface area contributed by atoms with Crippen molar-refractivity contribution in [1.82, 2.24) is 4.90 Å². The quantitative estimate of drug-likeness (QED) is 0.871. The lowest BCUT2D eigenvalue weighted by Crippen LogP contribution is -2.30. The predicted molar refractivity (Wildman–Crippen MR) is 80.7 cm³/mol. The van der Waals surface area contributed by atoms with Crippen LogP contribution in [0.4, 0.5) is 5.69 Å². The molecule has 0 radical (unpaired) electrons. The second-order valence-electron chi connectivity index (χ2n) is 4.04. The average Bonchev–Trinajstić information content (AvgIpc) is 2.41. The minimum atomic E-state index is -0.0321. The first kappa shape index (κ1) is 15.6. The first-order valence-corrected chi connectivity index (χ1v) is 7.69. The lowest BCUT2D eigenvalue weighted by Gasteiger charge is -2.18. The molecule has 0 saturated heterocycles. The van der Waals surface area contributed by atoms with Gasteiger partial charge in [-0.1, -0.05) is 0 Å². The molecule has 0 aliphatic rings. The Morgan fingerprint density at radius 1 is 1.16 bits per heavy atom. The number of thioether (sulfide) groups is 1. The van der Waals surface area contributed by atoms with Gasteiger partial charge in [0.15, 0.2) is 0 Å². The molecule has 1 rings (SSSR count). The van der Waals surface area contributed by atoms with Crippen LogP contribution in [0.25, 0.3) is 0 Å². The zero-order valence-corrected chi connectivity index (χ0v) is 12.4. The van der Waals surface area contributed by atoms with E-state index in [1.54, 1.807) is 29.2 Å². The molecule has 0 bridgehead atoms. The molecule has 0 aliphatic carbocycles. The van der Waals surface area contributed by atoms with Gasteiger partial charge in [0.2, 0.25) is 5.91 Å². The van der Waals surface area contributed by atoms with Crippen LogP contribution in [0, 0.1) is 0 Å². The number of benzene rings is 1. The summed E-state index contributed by atoms with van der Waals surface area (Å²) >= 11 is 1.47. The third-order valence-electron chi connectivity index (χ3n) is 2.74. The van der Waals surface area contributed by atoms with Crippen LogP contribution in [0.5, 0.6) is 0 Å². The third kappa shape index (κ3) is 4.59. The summed E-state index contributed by atoms with van der Waals surface area (Å²) in [6, 6.07) is 7.01. The Labute approximate surface area is 118 Å². The molecule has 0 atom stereocenters. The van der Waals surface area contributed by atoms with Crippen LogP contribution in [-0.2, 0) is 4.79 Å². The highest BCUT2D eigenvalue weighted by molar-refractivity contribution is 7.99. The van der Waals surface area contributed by atoms with E-state index in [9.17, 15) is 9.59 Å². The minimum absolute atomic E-state index is 0.0204. The molecule has 2 amide bonds. The van der Waals surface area contributed by atoms with Crippen molar-refractivity contribution < 1.29 is 9.59 Å². The molecule has 0 heterocycles. The number of carbonyl (C=O) groups excluding carboxylic acids is 2. The molecule has 4 nitrogen and oxygen atoms in total. The summed E-state index contributed by atoms with van der Waals surface area (Å²) in [4.78, 5) is 25.3. The van der Waals surface area contributed by atoms with Gasteiger partial charge in [-0.25, -0.2) is 0 Å². The summed E-state index contributed by atoms with van der Waals surface area (Å²) in [7, 11) is 0. The number of nitrogens with one attached hydrogen (secondary N) is 1. The molecule has 0 unspecified atom stereocenters. The number of amides is 2. The van der Waals surface area contributed by atoms with Gasteiger partial charge in [0.1, 0.15) is 0 Å². The van der Waals surface area contributed by atoms with E-state index in [1.807, 2.05) is 20.1 Å². The van der Waals surface area contributed by atoms with Crippen molar-refractivity contribution in [3.63, 3.8) is 0 Å². The predicted octanol–water partition coefficient (Wildman–Crippen LogP) is 2.47. The third-order valence-corrected chi connectivity index (χ3v) is 3.29. The lowest BCUT2D eigenvalue weighted by atomic mass is 10.2. The molecule has 0 fully saturated rings. The van der Waals surface area contributed by atoms with Crippen molar-refractivity contribution in [1.29, 1.82) is 0 Å². The van der Waals surface area contributed by atoms with Gasteiger partial charge < -0.3 is 10.2 Å². The Balaban J connectivity index is 2.70. The summed E-state index contributed by atoms with van der Waals surface area (Å²) < 4.78 is 0. The summed E-state index contributed by atoms with van der Waals surface area (Å²) in [5.74, 6) is 0.419. The number of anilines is 1. The molecule has 5 heteroatoms. The normalized spacial score (nSPS) is 10.1. The summed E-state index contributed by atoms with van der Waals surface area (Å²) in [5.41, 5.74) is 1.36. The Hall–Kier alpha value is -1.49. The fraction of sp³-hybridized carbons (Fsp3) is 0.429. The highest BCUT2D eigenvalue weighted by atomic mass is 32.2. The van der Waals surface area contributed by atoms with Gasteiger partial charge in [0.25, 0.3) is 5.91 Å². The number of nitrogens with zero attached hydrogens (tertiary/aromatic N) is 1. The van der Waals surface area contributed by atoms with Crippen LogP contribution >= 0.6 is 11.8 Å². The van der Waals surface area contributed by atoms with Crippen molar-refractivity contribution in [3.8, 4) is 0 Å². The highest BCUT2D eigenvalue weighted by Gasteiger charge is 2.12. The summed E-state index contributed by atoms with van der Waals surface area (Å²) in [5, 5.41) is 2.78. The van der Waals surface area contributed by atoms with Gasteiger partial charge in [-0.2, -0.15) is 11.8 Å². The van der Waals surface area contributed by atoms with E-state index in [2.05, 4.69) is 5.32 Å².